The molecule has 0 radical (unpaired) electrons. The minimum atomic E-state index is -0.769. The van der Waals surface area contributed by atoms with Crippen LogP contribution >= 0.6 is 0 Å². The minimum Gasteiger partial charge on any atom is -0.462 e. The van der Waals surface area contributed by atoms with Gasteiger partial charge in [-0.25, -0.2) is 0 Å². The Hall–Kier alpha value is -2.11. The molecule has 1 atom stereocenters. The third-order valence-corrected chi connectivity index (χ3v) is 9.96. The van der Waals surface area contributed by atoms with Crippen molar-refractivity contribution in [2.24, 2.45) is 0 Å². The molecule has 310 valence electrons. The van der Waals surface area contributed by atoms with E-state index in [1.165, 1.54) is 109 Å². The lowest BCUT2D eigenvalue weighted by Gasteiger charge is -2.18. The smallest absolute Gasteiger partial charge is 0.306 e. The summed E-state index contributed by atoms with van der Waals surface area (Å²) >= 11 is 0. The van der Waals surface area contributed by atoms with Gasteiger partial charge in [0.25, 0.3) is 0 Å². The zero-order chi connectivity index (χ0) is 38.7. The average Bonchev–Trinajstić information content (AvgIpc) is 3.15. The number of hydrogen-bond donors (Lipinski definition) is 0. The molecule has 0 bridgehead atoms. The summed E-state index contributed by atoms with van der Waals surface area (Å²) in [4.78, 5) is 37.5. The van der Waals surface area contributed by atoms with Gasteiger partial charge in [0.15, 0.2) is 6.10 Å². The summed E-state index contributed by atoms with van der Waals surface area (Å²) < 4.78 is 16.6. The molecule has 0 aliphatic rings. The van der Waals surface area contributed by atoms with Gasteiger partial charge in [0, 0.05) is 19.3 Å². The van der Waals surface area contributed by atoms with Crippen LogP contribution in [-0.2, 0) is 28.6 Å². The first-order valence-electron chi connectivity index (χ1n) is 22.8. The molecule has 0 saturated carbocycles. The summed E-state index contributed by atoms with van der Waals surface area (Å²) in [6, 6.07) is 0. The fourth-order valence-corrected chi connectivity index (χ4v) is 6.46. The molecule has 0 aliphatic carbocycles. The molecular formula is C47H86O6. The maximum Gasteiger partial charge on any atom is 0.306 e. The van der Waals surface area contributed by atoms with Crippen LogP contribution in [0.25, 0.3) is 0 Å². The van der Waals surface area contributed by atoms with Crippen molar-refractivity contribution in [3.05, 3.63) is 24.3 Å². The van der Waals surface area contributed by atoms with Crippen molar-refractivity contribution in [1.82, 2.24) is 0 Å². The maximum atomic E-state index is 12.7. The summed E-state index contributed by atoms with van der Waals surface area (Å²) in [5.41, 5.74) is 0. The number of unbranched alkanes of at least 4 members (excludes halogenated alkanes) is 26. The average molecular weight is 747 g/mol. The monoisotopic (exact) mass is 747 g/mol. The Morgan fingerprint density at radius 2 is 0.698 bits per heavy atom. The number of esters is 3. The van der Waals surface area contributed by atoms with Crippen molar-refractivity contribution >= 4 is 17.9 Å². The molecule has 0 fully saturated rings. The number of allylic oxidation sites excluding steroid dienone is 4. The van der Waals surface area contributed by atoms with Crippen LogP contribution in [0.5, 0.6) is 0 Å². The van der Waals surface area contributed by atoms with Crippen molar-refractivity contribution < 1.29 is 28.6 Å². The zero-order valence-corrected chi connectivity index (χ0v) is 35.3. The Morgan fingerprint density at radius 1 is 0.377 bits per heavy atom. The number of ether oxygens (including phenoxy) is 3. The van der Waals surface area contributed by atoms with Crippen LogP contribution in [0, 0.1) is 0 Å². The molecule has 0 spiro atoms. The van der Waals surface area contributed by atoms with E-state index in [0.29, 0.717) is 19.3 Å². The molecule has 1 unspecified atom stereocenters. The van der Waals surface area contributed by atoms with Gasteiger partial charge in [-0.2, -0.15) is 0 Å². The number of carbonyl (C=O) groups excluding carboxylic acids is 3. The number of hydrogen-bond acceptors (Lipinski definition) is 6. The maximum absolute atomic E-state index is 12.7. The van der Waals surface area contributed by atoms with Gasteiger partial charge in [0.05, 0.1) is 0 Å². The summed E-state index contributed by atoms with van der Waals surface area (Å²) in [6.45, 7) is 6.51. The normalized spacial score (nSPS) is 12.1. The molecule has 0 rings (SSSR count). The van der Waals surface area contributed by atoms with E-state index in [1.54, 1.807) is 0 Å². The predicted octanol–water partition coefficient (Wildman–Crippen LogP) is 14.4. The zero-order valence-electron chi connectivity index (χ0n) is 35.3. The van der Waals surface area contributed by atoms with E-state index >= 15 is 0 Å². The Balaban J connectivity index is 4.21. The predicted molar refractivity (Wildman–Crippen MR) is 224 cm³/mol. The van der Waals surface area contributed by atoms with Gasteiger partial charge in [0.2, 0.25) is 0 Å². The molecule has 0 aliphatic heterocycles. The summed E-state index contributed by atoms with van der Waals surface area (Å²) in [6.07, 6.45) is 46.2. The molecule has 0 N–H and O–H groups in total. The standard InChI is InChI=1S/C47H86O6/c1-4-7-10-13-15-17-19-21-23-24-26-27-29-31-34-37-40-46(49)52-43-44(42-51-45(48)39-36-33-12-9-6-3)53-47(50)41-38-35-32-30-28-25-22-20-18-16-14-11-8-5-2/h14,16,20,22,44H,4-13,15,17-19,21,23-43H2,1-3H3/b16-14-,22-20-. The summed E-state index contributed by atoms with van der Waals surface area (Å²) in [7, 11) is 0. The second-order valence-electron chi connectivity index (χ2n) is 15.3. The van der Waals surface area contributed by atoms with Gasteiger partial charge in [-0.3, -0.25) is 14.4 Å². The van der Waals surface area contributed by atoms with Gasteiger partial charge < -0.3 is 14.2 Å². The Kier molecular flexibility index (Phi) is 40.9. The van der Waals surface area contributed by atoms with Crippen LogP contribution in [0.4, 0.5) is 0 Å². The molecule has 0 aromatic carbocycles. The highest BCUT2D eigenvalue weighted by molar-refractivity contribution is 5.71. The highest BCUT2D eigenvalue weighted by atomic mass is 16.6. The third kappa shape index (κ3) is 40.9. The largest absolute Gasteiger partial charge is 0.462 e. The molecule has 53 heavy (non-hydrogen) atoms. The van der Waals surface area contributed by atoms with E-state index < -0.39 is 6.10 Å². The Labute approximate surface area is 328 Å². The topological polar surface area (TPSA) is 78.9 Å². The van der Waals surface area contributed by atoms with E-state index in [0.717, 1.165) is 89.9 Å². The van der Waals surface area contributed by atoms with Crippen LogP contribution in [0.1, 0.15) is 239 Å². The van der Waals surface area contributed by atoms with Crippen molar-refractivity contribution in [2.75, 3.05) is 13.2 Å². The van der Waals surface area contributed by atoms with Crippen molar-refractivity contribution in [3.63, 3.8) is 0 Å². The molecule has 0 aromatic heterocycles. The van der Waals surface area contributed by atoms with Gasteiger partial charge >= 0.3 is 17.9 Å². The Morgan fingerprint density at radius 3 is 1.09 bits per heavy atom. The van der Waals surface area contributed by atoms with Crippen LogP contribution in [0.15, 0.2) is 24.3 Å². The quantitative estimate of drug-likeness (QED) is 0.0268. The molecule has 0 heterocycles. The van der Waals surface area contributed by atoms with E-state index in [1.807, 2.05) is 0 Å². The van der Waals surface area contributed by atoms with E-state index in [2.05, 4.69) is 45.1 Å². The molecule has 0 amide bonds. The second kappa shape index (κ2) is 42.6. The lowest BCUT2D eigenvalue weighted by Crippen LogP contribution is -2.30. The third-order valence-electron chi connectivity index (χ3n) is 9.96. The highest BCUT2D eigenvalue weighted by Gasteiger charge is 2.19. The van der Waals surface area contributed by atoms with Crippen LogP contribution in [-0.4, -0.2) is 37.2 Å². The fourth-order valence-electron chi connectivity index (χ4n) is 6.46. The van der Waals surface area contributed by atoms with Crippen molar-refractivity contribution in [3.8, 4) is 0 Å². The molecule has 0 saturated heterocycles. The minimum absolute atomic E-state index is 0.0741. The first-order chi connectivity index (χ1) is 26.0. The highest BCUT2D eigenvalue weighted by Crippen LogP contribution is 2.15. The second-order valence-corrected chi connectivity index (χ2v) is 15.3. The Bertz CT molecular complexity index is 865. The molecule has 6 heteroatoms. The molecule has 0 aromatic rings. The van der Waals surface area contributed by atoms with Gasteiger partial charge in [0.1, 0.15) is 13.2 Å². The SMILES string of the molecule is CCCC/C=C\C/C=C\CCCCCCCC(=O)OC(COC(=O)CCCCCCC)COC(=O)CCCCCCCCCCCCCCCCCC. The van der Waals surface area contributed by atoms with Crippen molar-refractivity contribution in [2.45, 2.75) is 245 Å². The van der Waals surface area contributed by atoms with Gasteiger partial charge in [-0.05, 0) is 44.9 Å². The van der Waals surface area contributed by atoms with Crippen LogP contribution in [0.2, 0.25) is 0 Å². The lowest BCUT2D eigenvalue weighted by atomic mass is 10.0. The van der Waals surface area contributed by atoms with Gasteiger partial charge in [-0.15, -0.1) is 0 Å². The van der Waals surface area contributed by atoms with E-state index in [-0.39, 0.29) is 31.1 Å². The lowest BCUT2D eigenvalue weighted by molar-refractivity contribution is -0.167. The van der Waals surface area contributed by atoms with E-state index in [9.17, 15) is 14.4 Å². The van der Waals surface area contributed by atoms with E-state index in [4.69, 9.17) is 14.2 Å². The fraction of sp³-hybridized carbons (Fsp3) is 0.851. The van der Waals surface area contributed by atoms with Crippen LogP contribution < -0.4 is 0 Å². The molecule has 6 nitrogen and oxygen atoms in total. The molecular weight excluding hydrogens is 661 g/mol. The summed E-state index contributed by atoms with van der Waals surface area (Å²) in [5.74, 6) is -0.897. The van der Waals surface area contributed by atoms with Gasteiger partial charge in [-0.1, -0.05) is 199 Å². The number of carbonyl (C=O) groups is 3. The van der Waals surface area contributed by atoms with Crippen molar-refractivity contribution in [1.29, 1.82) is 0 Å². The first kappa shape index (κ1) is 50.9. The summed E-state index contributed by atoms with van der Waals surface area (Å²) in [5, 5.41) is 0. The number of rotatable bonds is 41. The first-order valence-corrected chi connectivity index (χ1v) is 22.8. The van der Waals surface area contributed by atoms with Crippen LogP contribution in [0.3, 0.4) is 0 Å².